The molecular weight excluding hydrogens is 410 g/mol. The fourth-order valence-electron chi connectivity index (χ4n) is 2.84. The molecule has 0 saturated heterocycles. The number of imidazole rings is 1. The van der Waals surface area contributed by atoms with Gasteiger partial charge >= 0.3 is 0 Å². The van der Waals surface area contributed by atoms with Crippen LogP contribution < -0.4 is 10.6 Å². The molecule has 0 unspecified atom stereocenters. The summed E-state index contributed by atoms with van der Waals surface area (Å²) in [6.07, 6.45) is 3.38. The average molecular weight is 428 g/mol. The van der Waals surface area contributed by atoms with Crippen LogP contribution in [0.5, 0.6) is 0 Å². The summed E-state index contributed by atoms with van der Waals surface area (Å²) in [4.78, 5) is 39.3. The number of nitro benzene ring substituents is 1. The van der Waals surface area contributed by atoms with Gasteiger partial charge in [0.15, 0.2) is 0 Å². The molecule has 3 aromatic rings. The van der Waals surface area contributed by atoms with Gasteiger partial charge in [0, 0.05) is 42.2 Å². The molecule has 0 saturated carbocycles. The van der Waals surface area contributed by atoms with Gasteiger partial charge in [-0.2, -0.15) is 0 Å². The number of halogens is 1. The standard InChI is InChI=1S/C20H18ClN5O4/c1-25-10-9-22-19(25)18(13-5-7-15(21)8-6-13)24-17(27)12-23-20(28)14-3-2-4-16(11-14)26(29)30/h2-11,18H,12H2,1H3,(H,23,28)(H,24,27)/t18-/m1/s1. The van der Waals surface area contributed by atoms with Gasteiger partial charge in [-0.1, -0.05) is 29.8 Å². The molecule has 2 aromatic carbocycles. The van der Waals surface area contributed by atoms with E-state index in [0.29, 0.717) is 10.8 Å². The van der Waals surface area contributed by atoms with Gasteiger partial charge < -0.3 is 15.2 Å². The fraction of sp³-hybridized carbons (Fsp3) is 0.150. The minimum atomic E-state index is -0.590. The first kappa shape index (κ1) is 21.0. The Morgan fingerprint density at radius 3 is 2.60 bits per heavy atom. The molecule has 0 bridgehead atoms. The Balaban J connectivity index is 1.70. The lowest BCUT2D eigenvalue weighted by Gasteiger charge is -2.19. The minimum absolute atomic E-state index is 0.0929. The van der Waals surface area contributed by atoms with Crippen LogP contribution in [0, 0.1) is 10.1 Å². The molecule has 1 heterocycles. The molecule has 1 atom stereocenters. The Hall–Kier alpha value is -3.72. The number of nitrogens with one attached hydrogen (secondary N) is 2. The lowest BCUT2D eigenvalue weighted by molar-refractivity contribution is -0.384. The normalized spacial score (nSPS) is 11.5. The minimum Gasteiger partial charge on any atom is -0.343 e. The van der Waals surface area contributed by atoms with Crippen molar-refractivity contribution in [1.82, 2.24) is 20.2 Å². The topological polar surface area (TPSA) is 119 Å². The molecule has 0 spiro atoms. The number of benzene rings is 2. The molecule has 9 nitrogen and oxygen atoms in total. The van der Waals surface area contributed by atoms with E-state index in [0.717, 1.165) is 11.6 Å². The van der Waals surface area contributed by atoms with Gasteiger partial charge in [-0.3, -0.25) is 19.7 Å². The maximum atomic E-state index is 12.5. The van der Waals surface area contributed by atoms with Crippen LogP contribution in [0.3, 0.4) is 0 Å². The predicted octanol–water partition coefficient (Wildman–Crippen LogP) is 2.62. The second-order valence-electron chi connectivity index (χ2n) is 6.44. The highest BCUT2D eigenvalue weighted by molar-refractivity contribution is 6.30. The molecule has 0 aliphatic rings. The zero-order chi connectivity index (χ0) is 21.7. The van der Waals surface area contributed by atoms with Crippen LogP contribution in [-0.2, 0) is 11.8 Å². The van der Waals surface area contributed by atoms with E-state index in [-0.39, 0.29) is 17.8 Å². The number of nitrogens with zero attached hydrogens (tertiary/aromatic N) is 3. The SMILES string of the molecule is Cn1ccnc1[C@H](NC(=O)CNC(=O)c1cccc([N+](=O)[O-])c1)c1ccc(Cl)cc1. The second kappa shape index (κ2) is 9.19. The van der Waals surface area contributed by atoms with Crippen molar-refractivity contribution in [3.8, 4) is 0 Å². The van der Waals surface area contributed by atoms with E-state index in [9.17, 15) is 19.7 Å². The van der Waals surface area contributed by atoms with Crippen molar-refractivity contribution in [2.75, 3.05) is 6.54 Å². The summed E-state index contributed by atoms with van der Waals surface area (Å²) < 4.78 is 1.78. The molecule has 30 heavy (non-hydrogen) atoms. The second-order valence-corrected chi connectivity index (χ2v) is 6.87. The first-order valence-electron chi connectivity index (χ1n) is 8.90. The highest BCUT2D eigenvalue weighted by Gasteiger charge is 2.21. The maximum absolute atomic E-state index is 12.5. The zero-order valence-corrected chi connectivity index (χ0v) is 16.7. The van der Waals surface area contributed by atoms with Crippen LogP contribution in [0.15, 0.2) is 60.9 Å². The lowest BCUT2D eigenvalue weighted by atomic mass is 10.1. The molecule has 2 amide bonds. The first-order valence-corrected chi connectivity index (χ1v) is 9.27. The summed E-state index contributed by atoms with van der Waals surface area (Å²) in [5, 5.41) is 16.7. The molecule has 2 N–H and O–H groups in total. The molecule has 1 aromatic heterocycles. The molecule has 0 fully saturated rings. The number of carbonyl (C=O) groups is 2. The van der Waals surface area contributed by atoms with E-state index in [1.807, 2.05) is 7.05 Å². The van der Waals surface area contributed by atoms with Crippen molar-refractivity contribution in [2.45, 2.75) is 6.04 Å². The summed E-state index contributed by atoms with van der Waals surface area (Å²) in [5.41, 5.74) is 0.659. The van der Waals surface area contributed by atoms with Gasteiger partial charge in [0.1, 0.15) is 11.9 Å². The van der Waals surface area contributed by atoms with Crippen molar-refractivity contribution in [3.63, 3.8) is 0 Å². The Kier molecular flexibility index (Phi) is 6.43. The zero-order valence-electron chi connectivity index (χ0n) is 15.9. The Bertz CT molecular complexity index is 1080. The number of rotatable bonds is 7. The van der Waals surface area contributed by atoms with Crippen molar-refractivity contribution in [3.05, 3.63) is 93.0 Å². The number of non-ortho nitro benzene ring substituents is 1. The van der Waals surface area contributed by atoms with Crippen molar-refractivity contribution in [2.24, 2.45) is 7.05 Å². The summed E-state index contributed by atoms with van der Waals surface area (Å²) in [5.74, 6) is -0.429. The third-order valence-electron chi connectivity index (χ3n) is 4.35. The monoisotopic (exact) mass is 427 g/mol. The number of hydrogen-bond acceptors (Lipinski definition) is 5. The van der Waals surface area contributed by atoms with Crippen LogP contribution in [0.4, 0.5) is 5.69 Å². The number of carbonyl (C=O) groups excluding carboxylic acids is 2. The third kappa shape index (κ3) is 5.00. The molecule has 10 heteroatoms. The summed E-state index contributed by atoms with van der Waals surface area (Å²) in [6, 6.07) is 11.7. The number of aromatic nitrogens is 2. The Morgan fingerprint density at radius 2 is 1.97 bits per heavy atom. The molecule has 0 aliphatic heterocycles. The molecule has 3 rings (SSSR count). The van der Waals surface area contributed by atoms with Gasteiger partial charge in [-0.15, -0.1) is 0 Å². The Morgan fingerprint density at radius 1 is 1.23 bits per heavy atom. The lowest BCUT2D eigenvalue weighted by Crippen LogP contribution is -2.39. The van der Waals surface area contributed by atoms with Gasteiger partial charge in [0.2, 0.25) is 5.91 Å². The summed E-state index contributed by atoms with van der Waals surface area (Å²) in [7, 11) is 1.81. The highest BCUT2D eigenvalue weighted by Crippen LogP contribution is 2.22. The van der Waals surface area contributed by atoms with Crippen LogP contribution >= 0.6 is 11.6 Å². The van der Waals surface area contributed by atoms with Gasteiger partial charge in [-0.25, -0.2) is 4.98 Å². The van der Waals surface area contributed by atoms with E-state index in [1.165, 1.54) is 18.2 Å². The number of nitro groups is 1. The largest absolute Gasteiger partial charge is 0.343 e. The van der Waals surface area contributed by atoms with Crippen LogP contribution in [0.25, 0.3) is 0 Å². The number of amides is 2. The molecule has 0 aliphatic carbocycles. The number of hydrogen-bond donors (Lipinski definition) is 2. The van der Waals surface area contributed by atoms with E-state index in [1.54, 1.807) is 41.2 Å². The van der Waals surface area contributed by atoms with Crippen LogP contribution in [-0.4, -0.2) is 32.8 Å². The average Bonchev–Trinajstić information content (AvgIpc) is 3.16. The van der Waals surface area contributed by atoms with Crippen molar-refractivity contribution >= 4 is 29.1 Å². The quantitative estimate of drug-likeness (QED) is 0.443. The first-order chi connectivity index (χ1) is 14.3. The van der Waals surface area contributed by atoms with Gasteiger partial charge in [-0.05, 0) is 23.8 Å². The van der Waals surface area contributed by atoms with E-state index in [4.69, 9.17) is 11.6 Å². The maximum Gasteiger partial charge on any atom is 0.270 e. The van der Waals surface area contributed by atoms with Crippen molar-refractivity contribution < 1.29 is 14.5 Å². The van der Waals surface area contributed by atoms with E-state index >= 15 is 0 Å². The molecule has 154 valence electrons. The molecular formula is C20H18ClN5O4. The Labute approximate surface area is 176 Å². The van der Waals surface area contributed by atoms with E-state index < -0.39 is 22.8 Å². The smallest absolute Gasteiger partial charge is 0.270 e. The predicted molar refractivity (Wildman–Crippen MR) is 110 cm³/mol. The van der Waals surface area contributed by atoms with E-state index in [2.05, 4.69) is 15.6 Å². The van der Waals surface area contributed by atoms with Gasteiger partial charge in [0.05, 0.1) is 11.5 Å². The summed E-state index contributed by atoms with van der Waals surface area (Å²) >= 11 is 5.95. The summed E-state index contributed by atoms with van der Waals surface area (Å²) in [6.45, 7) is -0.309. The fourth-order valence-corrected chi connectivity index (χ4v) is 2.97. The number of aryl methyl sites for hydroxylation is 1. The van der Waals surface area contributed by atoms with Gasteiger partial charge in [0.25, 0.3) is 11.6 Å². The van der Waals surface area contributed by atoms with Crippen molar-refractivity contribution in [1.29, 1.82) is 0 Å². The van der Waals surface area contributed by atoms with Crippen LogP contribution in [0.2, 0.25) is 5.02 Å². The molecule has 0 radical (unpaired) electrons. The third-order valence-corrected chi connectivity index (χ3v) is 4.61. The highest BCUT2D eigenvalue weighted by atomic mass is 35.5. The van der Waals surface area contributed by atoms with Crippen LogP contribution in [0.1, 0.15) is 27.8 Å².